The molecule has 0 aromatic rings. The molecule has 94 valence electrons. The van der Waals surface area contributed by atoms with E-state index in [0.29, 0.717) is 0 Å². The Bertz CT molecular complexity index is 134. The molecular weight excluding hydrogens is 315 g/mol. The van der Waals surface area contributed by atoms with E-state index in [0.717, 1.165) is 13.8 Å². The molecule has 0 radical (unpaired) electrons. The first-order valence-electron chi connectivity index (χ1n) is 5.44. The molecule has 16 heavy (non-hydrogen) atoms. The van der Waals surface area contributed by atoms with E-state index in [2.05, 4.69) is 13.8 Å². The molecular formula is C11H22O4Sn. The van der Waals surface area contributed by atoms with Crippen LogP contribution in [0.3, 0.4) is 0 Å². The fraction of sp³-hybridized carbons (Fsp3) is 0.818. The zero-order valence-corrected chi connectivity index (χ0v) is 13.5. The minimum atomic E-state index is -1.08. The van der Waals surface area contributed by atoms with Crippen molar-refractivity contribution in [1.82, 2.24) is 0 Å². The number of carboxylic acid groups (broad SMARTS) is 2. The number of carboxylic acids is 2. The Kier molecular flexibility index (Phi) is 26.6. The van der Waals surface area contributed by atoms with Gasteiger partial charge >= 0.3 is 63.1 Å². The van der Waals surface area contributed by atoms with Gasteiger partial charge in [-0.05, 0) is 13.8 Å². The van der Waals surface area contributed by atoms with E-state index in [-0.39, 0.29) is 21.1 Å². The molecule has 0 atom stereocenters. The monoisotopic (exact) mass is 338 g/mol. The predicted molar refractivity (Wildman–Crippen MR) is 61.9 cm³/mol. The maximum absolute atomic E-state index is 8.89. The van der Waals surface area contributed by atoms with Crippen molar-refractivity contribution in [2.45, 2.75) is 55.8 Å². The van der Waals surface area contributed by atoms with Gasteiger partial charge in [-0.1, -0.05) is 0 Å². The molecule has 0 amide bonds. The Morgan fingerprint density at radius 1 is 0.938 bits per heavy atom. The first-order valence-corrected chi connectivity index (χ1v) is 9.47. The van der Waals surface area contributed by atoms with E-state index in [4.69, 9.17) is 19.8 Å². The molecule has 0 bridgehead atoms. The van der Waals surface area contributed by atoms with Crippen LogP contribution < -0.4 is 10.2 Å². The summed E-state index contributed by atoms with van der Waals surface area (Å²) in [7, 11) is 0. The van der Waals surface area contributed by atoms with Crippen molar-refractivity contribution in [3.05, 3.63) is 0 Å². The van der Waals surface area contributed by atoms with E-state index < -0.39 is 11.9 Å². The molecule has 0 aliphatic carbocycles. The SMILES string of the molecule is CC(=O)[O-].CC(=O)[O-].CCC[CH2][Sn+2][CH2]CC. The number of unbranched alkanes of at least 4 members (excludes halogenated alkanes) is 1. The van der Waals surface area contributed by atoms with E-state index >= 15 is 0 Å². The van der Waals surface area contributed by atoms with Crippen LogP contribution in [0.15, 0.2) is 0 Å². The van der Waals surface area contributed by atoms with Crippen LogP contribution in [-0.4, -0.2) is 33.1 Å². The number of carbonyl (C=O) groups excluding carboxylic acids is 2. The van der Waals surface area contributed by atoms with Gasteiger partial charge in [0.1, 0.15) is 0 Å². The second kappa shape index (κ2) is 20.2. The zero-order valence-electron chi connectivity index (χ0n) is 10.7. The predicted octanol–water partition coefficient (Wildman–Crippen LogP) is 0.250. The van der Waals surface area contributed by atoms with Crippen molar-refractivity contribution in [2.24, 2.45) is 0 Å². The van der Waals surface area contributed by atoms with Gasteiger partial charge in [-0.15, -0.1) is 0 Å². The Balaban J connectivity index is -0.000000179. The number of aliphatic carboxylic acids is 2. The standard InChI is InChI=1S/C4H9.C3H7.2C2H4O2.Sn/c1-3-4-2;1-3-2;2*1-2(3)4;/h1,3-4H2,2H3;1,3H2,2H3;2*1H3,(H,3,4);/q;;;;+2/p-2. The van der Waals surface area contributed by atoms with Gasteiger partial charge in [0.25, 0.3) is 0 Å². The number of hydrogen-bond donors (Lipinski definition) is 0. The summed E-state index contributed by atoms with van der Waals surface area (Å²) >= 11 is 0.165. The first kappa shape index (κ1) is 21.1. The first-order chi connectivity index (χ1) is 7.38. The molecule has 0 spiro atoms. The third-order valence-corrected chi connectivity index (χ3v) is 5.59. The summed E-state index contributed by atoms with van der Waals surface area (Å²) in [6.07, 6.45) is 4.35. The molecule has 0 rings (SSSR count). The summed E-state index contributed by atoms with van der Waals surface area (Å²) in [5.74, 6) is -2.17. The van der Waals surface area contributed by atoms with Crippen LogP contribution in [0, 0.1) is 0 Å². The average Bonchev–Trinajstić information content (AvgIpc) is 2.11. The fourth-order valence-corrected chi connectivity index (χ4v) is 4.05. The van der Waals surface area contributed by atoms with Crippen LogP contribution in [0.2, 0.25) is 8.87 Å². The Hall–Kier alpha value is -0.261. The summed E-state index contributed by atoms with van der Waals surface area (Å²) in [5.41, 5.74) is 0. The molecule has 0 aromatic heterocycles. The number of carbonyl (C=O) groups is 2. The van der Waals surface area contributed by atoms with Gasteiger partial charge in [0, 0.05) is 11.9 Å². The van der Waals surface area contributed by atoms with Crippen LogP contribution in [0.1, 0.15) is 47.0 Å². The summed E-state index contributed by atoms with van der Waals surface area (Å²) in [6.45, 7) is 6.53. The Morgan fingerprint density at radius 2 is 1.31 bits per heavy atom. The summed E-state index contributed by atoms with van der Waals surface area (Å²) in [6, 6.07) is 0. The topological polar surface area (TPSA) is 80.3 Å². The molecule has 0 aliphatic rings. The van der Waals surface area contributed by atoms with Crippen molar-refractivity contribution >= 4 is 33.1 Å². The third kappa shape index (κ3) is 99.3. The molecule has 4 nitrogen and oxygen atoms in total. The second-order valence-electron chi connectivity index (χ2n) is 3.09. The molecule has 0 unspecified atom stereocenters. The van der Waals surface area contributed by atoms with Gasteiger partial charge < -0.3 is 19.8 Å². The molecule has 0 N–H and O–H groups in total. The Labute approximate surface area is 109 Å². The zero-order chi connectivity index (χ0) is 13.4. The number of rotatable bonds is 5. The van der Waals surface area contributed by atoms with Crippen molar-refractivity contribution in [2.75, 3.05) is 0 Å². The molecule has 0 saturated carbocycles. The van der Waals surface area contributed by atoms with Crippen LogP contribution >= 0.6 is 0 Å². The van der Waals surface area contributed by atoms with Crippen LogP contribution in [0.25, 0.3) is 0 Å². The van der Waals surface area contributed by atoms with Gasteiger partial charge in [0.15, 0.2) is 0 Å². The summed E-state index contributed by atoms with van der Waals surface area (Å²) < 4.78 is 3.22. The van der Waals surface area contributed by atoms with Crippen molar-refractivity contribution < 1.29 is 19.8 Å². The van der Waals surface area contributed by atoms with Crippen LogP contribution in [-0.2, 0) is 9.59 Å². The third-order valence-electron chi connectivity index (χ3n) is 1.13. The van der Waals surface area contributed by atoms with Gasteiger partial charge in [0.05, 0.1) is 0 Å². The van der Waals surface area contributed by atoms with E-state index in [1.54, 1.807) is 8.87 Å². The van der Waals surface area contributed by atoms with Crippen LogP contribution in [0.4, 0.5) is 0 Å². The van der Waals surface area contributed by atoms with Gasteiger partial charge in [-0.3, -0.25) is 0 Å². The molecule has 5 heteroatoms. The van der Waals surface area contributed by atoms with Gasteiger partial charge in [-0.25, -0.2) is 0 Å². The molecule has 0 saturated heterocycles. The molecule has 0 aliphatic heterocycles. The maximum atomic E-state index is 8.89. The second-order valence-corrected chi connectivity index (χ2v) is 7.37. The average molecular weight is 337 g/mol. The van der Waals surface area contributed by atoms with E-state index in [1.165, 1.54) is 19.3 Å². The molecule has 0 heterocycles. The van der Waals surface area contributed by atoms with Crippen LogP contribution in [0.5, 0.6) is 0 Å². The van der Waals surface area contributed by atoms with Gasteiger partial charge in [-0.2, -0.15) is 0 Å². The Morgan fingerprint density at radius 3 is 1.56 bits per heavy atom. The quantitative estimate of drug-likeness (QED) is 0.532. The van der Waals surface area contributed by atoms with Gasteiger partial charge in [0.2, 0.25) is 0 Å². The van der Waals surface area contributed by atoms with Crippen molar-refractivity contribution in [3.8, 4) is 0 Å². The van der Waals surface area contributed by atoms with E-state index in [9.17, 15) is 0 Å². The normalized spacial score (nSPS) is 7.50. The minimum absolute atomic E-state index is 0.165. The van der Waals surface area contributed by atoms with E-state index in [1.807, 2.05) is 0 Å². The summed E-state index contributed by atoms with van der Waals surface area (Å²) in [4.78, 5) is 17.8. The molecule has 0 aromatic carbocycles. The van der Waals surface area contributed by atoms with Crippen molar-refractivity contribution in [3.63, 3.8) is 0 Å². The summed E-state index contributed by atoms with van der Waals surface area (Å²) in [5, 5.41) is 17.8. The van der Waals surface area contributed by atoms with Crippen molar-refractivity contribution in [1.29, 1.82) is 0 Å². The fourth-order valence-electron chi connectivity index (χ4n) is 0.604. The molecule has 0 fully saturated rings. The number of hydrogen-bond acceptors (Lipinski definition) is 4.